The van der Waals surface area contributed by atoms with Crippen LogP contribution in [0.5, 0.6) is 0 Å². The van der Waals surface area contributed by atoms with Crippen LogP contribution in [-0.2, 0) is 12.8 Å². The van der Waals surface area contributed by atoms with Crippen LogP contribution < -0.4 is 0 Å². The minimum atomic E-state index is 1.10. The van der Waals surface area contributed by atoms with Crippen LogP contribution in [0.1, 0.15) is 16.7 Å². The van der Waals surface area contributed by atoms with Crippen molar-refractivity contribution in [2.24, 2.45) is 0 Å². The molecule has 0 amide bonds. The molecule has 3 rings (SSSR count). The van der Waals surface area contributed by atoms with E-state index in [2.05, 4.69) is 83.7 Å². The Labute approximate surface area is 140 Å². The first-order chi connectivity index (χ1) is 11.3. The molecule has 23 heavy (non-hydrogen) atoms. The molecule has 0 saturated carbocycles. The molecule has 0 spiro atoms. The lowest BCUT2D eigenvalue weighted by atomic mass is 10.0. The standard InChI is InChI=1S/C21H26N2/c1-22-15-17-23(18-16-22)14-13-21-11-9-20(10-12-21)8-7-19-5-3-2-4-6-19/h2-6,9-14H,7-8,15-18H2,1H3/b14-13-. The molecule has 2 aromatic rings. The highest BCUT2D eigenvalue weighted by molar-refractivity contribution is 5.49. The van der Waals surface area contributed by atoms with Gasteiger partial charge < -0.3 is 9.80 Å². The summed E-state index contributed by atoms with van der Waals surface area (Å²) in [4.78, 5) is 4.79. The Morgan fingerprint density at radius 2 is 1.39 bits per heavy atom. The number of likely N-dealkylation sites (N-methyl/N-ethyl adjacent to an activating group) is 1. The van der Waals surface area contributed by atoms with Crippen molar-refractivity contribution in [3.63, 3.8) is 0 Å². The molecule has 0 aliphatic carbocycles. The number of benzene rings is 2. The fourth-order valence-electron chi connectivity index (χ4n) is 2.89. The third kappa shape index (κ3) is 4.97. The SMILES string of the molecule is CN1CCN(/C=C\c2ccc(CCc3ccccc3)cc2)CC1. The topological polar surface area (TPSA) is 6.48 Å². The summed E-state index contributed by atoms with van der Waals surface area (Å²) in [5.41, 5.74) is 4.10. The van der Waals surface area contributed by atoms with E-state index < -0.39 is 0 Å². The molecule has 1 heterocycles. The molecule has 0 aromatic heterocycles. The molecule has 1 fully saturated rings. The monoisotopic (exact) mass is 306 g/mol. The van der Waals surface area contributed by atoms with Crippen LogP contribution >= 0.6 is 0 Å². The van der Waals surface area contributed by atoms with Crippen LogP contribution in [0.15, 0.2) is 60.8 Å². The number of hydrogen-bond donors (Lipinski definition) is 0. The van der Waals surface area contributed by atoms with Crippen LogP contribution in [0.2, 0.25) is 0 Å². The largest absolute Gasteiger partial charge is 0.375 e. The summed E-state index contributed by atoms with van der Waals surface area (Å²) in [6.07, 6.45) is 6.68. The quantitative estimate of drug-likeness (QED) is 0.831. The van der Waals surface area contributed by atoms with E-state index in [4.69, 9.17) is 0 Å². The zero-order chi connectivity index (χ0) is 15.9. The molecule has 0 N–H and O–H groups in total. The van der Waals surface area contributed by atoms with E-state index in [9.17, 15) is 0 Å². The second-order valence-electron chi connectivity index (χ2n) is 6.38. The molecule has 120 valence electrons. The van der Waals surface area contributed by atoms with Crippen molar-refractivity contribution in [3.05, 3.63) is 77.5 Å². The van der Waals surface area contributed by atoms with Gasteiger partial charge in [0.1, 0.15) is 0 Å². The molecule has 1 saturated heterocycles. The minimum Gasteiger partial charge on any atom is -0.375 e. The Morgan fingerprint density at radius 3 is 2.04 bits per heavy atom. The van der Waals surface area contributed by atoms with Crippen molar-refractivity contribution in [1.82, 2.24) is 9.80 Å². The summed E-state index contributed by atoms with van der Waals surface area (Å²) in [6.45, 7) is 4.57. The van der Waals surface area contributed by atoms with E-state index in [1.807, 2.05) is 0 Å². The normalized spacial score (nSPS) is 16.1. The maximum atomic E-state index is 2.41. The highest BCUT2D eigenvalue weighted by atomic mass is 15.2. The molecule has 0 atom stereocenters. The molecule has 2 nitrogen and oxygen atoms in total. The zero-order valence-electron chi connectivity index (χ0n) is 14.0. The Balaban J connectivity index is 1.50. The van der Waals surface area contributed by atoms with Crippen LogP contribution in [0, 0.1) is 0 Å². The first-order valence-corrected chi connectivity index (χ1v) is 8.53. The van der Waals surface area contributed by atoms with E-state index in [-0.39, 0.29) is 0 Å². The fourth-order valence-corrected chi connectivity index (χ4v) is 2.89. The highest BCUT2D eigenvalue weighted by Crippen LogP contribution is 2.11. The lowest BCUT2D eigenvalue weighted by Crippen LogP contribution is -2.41. The van der Waals surface area contributed by atoms with Gasteiger partial charge in [0.05, 0.1) is 0 Å². The van der Waals surface area contributed by atoms with Crippen LogP contribution in [0.3, 0.4) is 0 Å². The predicted octanol–water partition coefficient (Wildman–Crippen LogP) is 3.69. The first kappa shape index (κ1) is 15.8. The van der Waals surface area contributed by atoms with Crippen LogP contribution in [0.4, 0.5) is 0 Å². The first-order valence-electron chi connectivity index (χ1n) is 8.53. The number of aryl methyl sites for hydroxylation is 2. The van der Waals surface area contributed by atoms with E-state index in [1.54, 1.807) is 0 Å². The minimum absolute atomic E-state index is 1.10. The van der Waals surface area contributed by atoms with Crippen molar-refractivity contribution < 1.29 is 0 Å². The van der Waals surface area contributed by atoms with Crippen LogP contribution in [-0.4, -0.2) is 43.0 Å². The summed E-state index contributed by atoms with van der Waals surface area (Å²) in [5.74, 6) is 0. The van der Waals surface area contributed by atoms with Gasteiger partial charge in [-0.15, -0.1) is 0 Å². The molecule has 2 heteroatoms. The summed E-state index contributed by atoms with van der Waals surface area (Å²) in [5, 5.41) is 0. The maximum Gasteiger partial charge on any atom is 0.0300 e. The lowest BCUT2D eigenvalue weighted by Gasteiger charge is -2.31. The average molecular weight is 306 g/mol. The van der Waals surface area contributed by atoms with Crippen molar-refractivity contribution in [3.8, 4) is 0 Å². The van der Waals surface area contributed by atoms with Gasteiger partial charge in [0, 0.05) is 26.2 Å². The molecular weight excluding hydrogens is 280 g/mol. The van der Waals surface area contributed by atoms with E-state index in [0.717, 1.165) is 39.0 Å². The Bertz CT molecular complexity index is 608. The molecule has 2 aromatic carbocycles. The summed E-state index contributed by atoms with van der Waals surface area (Å²) >= 11 is 0. The summed E-state index contributed by atoms with van der Waals surface area (Å²) in [6, 6.07) is 19.7. The third-order valence-corrected chi connectivity index (χ3v) is 4.54. The smallest absolute Gasteiger partial charge is 0.0300 e. The molecule has 0 radical (unpaired) electrons. The van der Waals surface area contributed by atoms with Crippen molar-refractivity contribution in [2.45, 2.75) is 12.8 Å². The Hall–Kier alpha value is -2.06. The second kappa shape index (κ2) is 7.98. The fraction of sp³-hybridized carbons (Fsp3) is 0.333. The maximum absolute atomic E-state index is 2.41. The molecule has 1 aliphatic rings. The number of rotatable bonds is 5. The van der Waals surface area contributed by atoms with E-state index in [1.165, 1.54) is 16.7 Å². The zero-order valence-corrected chi connectivity index (χ0v) is 14.0. The summed E-state index contributed by atoms with van der Waals surface area (Å²) < 4.78 is 0. The van der Waals surface area contributed by atoms with Gasteiger partial charge >= 0.3 is 0 Å². The number of nitrogens with zero attached hydrogens (tertiary/aromatic N) is 2. The number of hydrogen-bond acceptors (Lipinski definition) is 2. The van der Waals surface area contributed by atoms with Gasteiger partial charge in [0.25, 0.3) is 0 Å². The van der Waals surface area contributed by atoms with Gasteiger partial charge in [0.2, 0.25) is 0 Å². The summed E-state index contributed by atoms with van der Waals surface area (Å²) in [7, 11) is 2.19. The highest BCUT2D eigenvalue weighted by Gasteiger charge is 2.09. The average Bonchev–Trinajstić information content (AvgIpc) is 2.61. The van der Waals surface area contributed by atoms with Crippen molar-refractivity contribution >= 4 is 6.08 Å². The third-order valence-electron chi connectivity index (χ3n) is 4.54. The molecule has 0 unspecified atom stereocenters. The van der Waals surface area contributed by atoms with E-state index >= 15 is 0 Å². The Morgan fingerprint density at radius 1 is 0.783 bits per heavy atom. The van der Waals surface area contributed by atoms with Crippen molar-refractivity contribution in [2.75, 3.05) is 33.2 Å². The van der Waals surface area contributed by atoms with Gasteiger partial charge in [-0.1, -0.05) is 54.6 Å². The van der Waals surface area contributed by atoms with E-state index in [0.29, 0.717) is 0 Å². The van der Waals surface area contributed by atoms with Gasteiger partial charge in [-0.2, -0.15) is 0 Å². The molecular formula is C21H26N2. The molecule has 1 aliphatic heterocycles. The van der Waals surface area contributed by atoms with Gasteiger partial charge in [0.15, 0.2) is 0 Å². The van der Waals surface area contributed by atoms with Gasteiger partial charge in [-0.05, 0) is 48.9 Å². The second-order valence-corrected chi connectivity index (χ2v) is 6.38. The predicted molar refractivity (Wildman–Crippen MR) is 98.4 cm³/mol. The van der Waals surface area contributed by atoms with Gasteiger partial charge in [-0.3, -0.25) is 0 Å². The van der Waals surface area contributed by atoms with Gasteiger partial charge in [-0.25, -0.2) is 0 Å². The molecule has 0 bridgehead atoms. The van der Waals surface area contributed by atoms with Crippen molar-refractivity contribution in [1.29, 1.82) is 0 Å². The lowest BCUT2D eigenvalue weighted by molar-refractivity contribution is 0.199. The number of piperazine rings is 1. The Kier molecular flexibility index (Phi) is 5.49. The van der Waals surface area contributed by atoms with Crippen LogP contribution in [0.25, 0.3) is 6.08 Å².